The van der Waals surface area contributed by atoms with Crippen molar-refractivity contribution in [3.8, 4) is 5.75 Å². The molecule has 2 amide bonds. The summed E-state index contributed by atoms with van der Waals surface area (Å²) in [6.07, 6.45) is 4.38. The summed E-state index contributed by atoms with van der Waals surface area (Å²) in [7, 11) is 1.64. The van der Waals surface area contributed by atoms with Crippen LogP contribution < -0.4 is 15.4 Å². The second kappa shape index (κ2) is 9.57. The van der Waals surface area contributed by atoms with Gasteiger partial charge in [0.2, 0.25) is 0 Å². The number of methoxy groups -OCH3 is 1. The van der Waals surface area contributed by atoms with E-state index in [-0.39, 0.29) is 12.1 Å². The molecule has 0 saturated carbocycles. The lowest BCUT2D eigenvalue weighted by Crippen LogP contribution is -2.36. The molecular weight excluding hydrogens is 308 g/mol. The van der Waals surface area contributed by atoms with Gasteiger partial charge in [0.25, 0.3) is 0 Å². The lowest BCUT2D eigenvalue weighted by atomic mass is 10.2. The molecule has 0 bridgehead atoms. The van der Waals surface area contributed by atoms with Crippen LogP contribution in [0, 0.1) is 0 Å². The third-order valence-corrected chi connectivity index (χ3v) is 3.37. The van der Waals surface area contributed by atoms with Gasteiger partial charge in [-0.25, -0.2) is 4.79 Å². The number of carbonyl (C=O) groups is 1. The normalized spacial score (nSPS) is 11.8. The highest BCUT2D eigenvalue weighted by Gasteiger charge is 2.07. The Morgan fingerprint density at radius 3 is 2.96 bits per heavy atom. The number of nitrogens with zero attached hydrogens (tertiary/aromatic N) is 2. The molecule has 7 nitrogen and oxygen atoms in total. The Balaban J connectivity index is 1.77. The van der Waals surface area contributed by atoms with E-state index < -0.39 is 0 Å². The van der Waals surface area contributed by atoms with Crippen molar-refractivity contribution in [3.05, 3.63) is 42.7 Å². The second-order valence-corrected chi connectivity index (χ2v) is 5.43. The number of benzene rings is 1. The Morgan fingerprint density at radius 1 is 1.33 bits per heavy atom. The fraction of sp³-hybridized carbons (Fsp3) is 0.412. The van der Waals surface area contributed by atoms with Crippen molar-refractivity contribution in [2.45, 2.75) is 25.9 Å². The van der Waals surface area contributed by atoms with Crippen molar-refractivity contribution in [1.82, 2.24) is 15.1 Å². The number of rotatable bonds is 9. The van der Waals surface area contributed by atoms with Crippen LogP contribution in [0.3, 0.4) is 0 Å². The van der Waals surface area contributed by atoms with Crippen molar-refractivity contribution < 1.29 is 14.3 Å². The van der Waals surface area contributed by atoms with Gasteiger partial charge in [0.05, 0.1) is 6.54 Å². The standard InChI is InChI=1S/C17H24N4O3/c1-14(7-11-23-2)19-17(22)20-15-5-3-6-16(13-15)24-12-10-21-9-4-8-18-21/h3-6,8-9,13-14H,7,10-12H2,1-2H3,(H2,19,20,22)/t14-/m1/s1. The molecule has 130 valence electrons. The zero-order valence-electron chi connectivity index (χ0n) is 14.1. The third kappa shape index (κ3) is 6.29. The van der Waals surface area contributed by atoms with Gasteiger partial charge in [-0.2, -0.15) is 5.10 Å². The Morgan fingerprint density at radius 2 is 2.21 bits per heavy atom. The van der Waals surface area contributed by atoms with E-state index in [0.29, 0.717) is 31.2 Å². The van der Waals surface area contributed by atoms with Crippen molar-refractivity contribution in [3.63, 3.8) is 0 Å². The Labute approximate surface area is 142 Å². The molecule has 0 aliphatic rings. The van der Waals surface area contributed by atoms with Crippen molar-refractivity contribution in [2.75, 3.05) is 25.6 Å². The van der Waals surface area contributed by atoms with E-state index in [4.69, 9.17) is 9.47 Å². The zero-order chi connectivity index (χ0) is 17.2. The summed E-state index contributed by atoms with van der Waals surface area (Å²) < 4.78 is 12.5. The smallest absolute Gasteiger partial charge is 0.319 e. The topological polar surface area (TPSA) is 77.4 Å². The zero-order valence-corrected chi connectivity index (χ0v) is 14.1. The second-order valence-electron chi connectivity index (χ2n) is 5.43. The first-order valence-electron chi connectivity index (χ1n) is 7.94. The molecular formula is C17H24N4O3. The highest BCUT2D eigenvalue weighted by molar-refractivity contribution is 5.89. The SMILES string of the molecule is COCC[C@@H](C)NC(=O)Nc1cccc(OCCn2cccn2)c1. The van der Waals surface area contributed by atoms with Crippen LogP contribution in [0.5, 0.6) is 5.75 Å². The number of urea groups is 1. The molecule has 0 fully saturated rings. The molecule has 1 aromatic carbocycles. The number of amides is 2. The van der Waals surface area contributed by atoms with E-state index in [1.54, 1.807) is 24.1 Å². The quantitative estimate of drug-likeness (QED) is 0.740. The van der Waals surface area contributed by atoms with Gasteiger partial charge in [0.1, 0.15) is 12.4 Å². The summed E-state index contributed by atoms with van der Waals surface area (Å²) >= 11 is 0. The molecule has 0 aliphatic heterocycles. The van der Waals surface area contributed by atoms with E-state index in [0.717, 1.165) is 6.42 Å². The van der Waals surface area contributed by atoms with Crippen LogP contribution in [-0.4, -0.2) is 42.2 Å². The number of ether oxygens (including phenoxy) is 2. The summed E-state index contributed by atoms with van der Waals surface area (Å²) in [6.45, 7) is 3.72. The van der Waals surface area contributed by atoms with Gasteiger partial charge in [0, 0.05) is 43.9 Å². The maximum atomic E-state index is 12.0. The number of carbonyl (C=O) groups excluding carboxylic acids is 1. The molecule has 1 heterocycles. The number of anilines is 1. The van der Waals surface area contributed by atoms with E-state index in [1.165, 1.54) is 0 Å². The van der Waals surface area contributed by atoms with E-state index >= 15 is 0 Å². The highest BCUT2D eigenvalue weighted by atomic mass is 16.5. The van der Waals surface area contributed by atoms with Crippen molar-refractivity contribution in [2.24, 2.45) is 0 Å². The van der Waals surface area contributed by atoms with Crippen molar-refractivity contribution in [1.29, 1.82) is 0 Å². The number of hydrogen-bond acceptors (Lipinski definition) is 4. The van der Waals surface area contributed by atoms with Gasteiger partial charge in [-0.05, 0) is 31.5 Å². The first kappa shape index (κ1) is 17.8. The fourth-order valence-corrected chi connectivity index (χ4v) is 2.11. The van der Waals surface area contributed by atoms with Crippen LogP contribution in [0.25, 0.3) is 0 Å². The van der Waals surface area contributed by atoms with Gasteiger partial charge < -0.3 is 20.1 Å². The molecule has 1 atom stereocenters. The summed E-state index contributed by atoms with van der Waals surface area (Å²) in [5.41, 5.74) is 0.683. The largest absolute Gasteiger partial charge is 0.492 e. The number of aromatic nitrogens is 2. The first-order valence-corrected chi connectivity index (χ1v) is 7.94. The summed E-state index contributed by atoms with van der Waals surface area (Å²) in [5, 5.41) is 9.78. The molecule has 0 unspecified atom stereocenters. The van der Waals surface area contributed by atoms with Gasteiger partial charge >= 0.3 is 6.03 Å². The lowest BCUT2D eigenvalue weighted by Gasteiger charge is -2.14. The van der Waals surface area contributed by atoms with Crippen LogP contribution in [0.4, 0.5) is 10.5 Å². The maximum absolute atomic E-state index is 12.0. The molecule has 24 heavy (non-hydrogen) atoms. The van der Waals surface area contributed by atoms with Crippen LogP contribution in [0.2, 0.25) is 0 Å². The van der Waals surface area contributed by atoms with Gasteiger partial charge in [-0.15, -0.1) is 0 Å². The molecule has 0 aliphatic carbocycles. The monoisotopic (exact) mass is 332 g/mol. The average Bonchev–Trinajstić information content (AvgIpc) is 3.06. The van der Waals surface area contributed by atoms with E-state index in [1.807, 2.05) is 37.4 Å². The van der Waals surface area contributed by atoms with Crippen LogP contribution in [0.15, 0.2) is 42.7 Å². The minimum absolute atomic E-state index is 0.0402. The minimum Gasteiger partial charge on any atom is -0.492 e. The molecule has 2 aromatic rings. The van der Waals surface area contributed by atoms with Crippen LogP contribution in [-0.2, 0) is 11.3 Å². The van der Waals surface area contributed by atoms with Gasteiger partial charge in [0.15, 0.2) is 0 Å². The molecule has 0 spiro atoms. The molecule has 0 saturated heterocycles. The fourth-order valence-electron chi connectivity index (χ4n) is 2.11. The molecule has 2 N–H and O–H groups in total. The molecule has 0 radical (unpaired) electrons. The predicted octanol–water partition coefficient (Wildman–Crippen LogP) is 2.51. The summed E-state index contributed by atoms with van der Waals surface area (Å²) in [5.74, 6) is 0.701. The molecule has 2 rings (SSSR count). The van der Waals surface area contributed by atoms with E-state index in [2.05, 4.69) is 15.7 Å². The number of nitrogens with one attached hydrogen (secondary N) is 2. The lowest BCUT2D eigenvalue weighted by molar-refractivity contribution is 0.185. The van der Waals surface area contributed by atoms with E-state index in [9.17, 15) is 4.79 Å². The minimum atomic E-state index is -0.243. The van der Waals surface area contributed by atoms with Crippen molar-refractivity contribution >= 4 is 11.7 Å². The van der Waals surface area contributed by atoms with Gasteiger partial charge in [-0.1, -0.05) is 6.07 Å². The third-order valence-electron chi connectivity index (χ3n) is 3.37. The predicted molar refractivity (Wildman–Crippen MR) is 92.3 cm³/mol. The van der Waals surface area contributed by atoms with Crippen LogP contribution >= 0.6 is 0 Å². The highest BCUT2D eigenvalue weighted by Crippen LogP contribution is 2.17. The summed E-state index contributed by atoms with van der Waals surface area (Å²) in [6, 6.07) is 8.98. The Bertz CT molecular complexity index is 616. The average molecular weight is 332 g/mol. The Hall–Kier alpha value is -2.54. The summed E-state index contributed by atoms with van der Waals surface area (Å²) in [4.78, 5) is 12.0. The van der Waals surface area contributed by atoms with Gasteiger partial charge in [-0.3, -0.25) is 4.68 Å². The first-order chi connectivity index (χ1) is 11.7. The van der Waals surface area contributed by atoms with Crippen LogP contribution in [0.1, 0.15) is 13.3 Å². The Kier molecular flexibility index (Phi) is 7.10. The molecule has 7 heteroatoms. The maximum Gasteiger partial charge on any atom is 0.319 e. The molecule has 1 aromatic heterocycles. The number of hydrogen-bond donors (Lipinski definition) is 2.